The van der Waals surface area contributed by atoms with Crippen molar-refractivity contribution in [3.63, 3.8) is 0 Å². The zero-order valence-electron chi connectivity index (χ0n) is 11.0. The molecule has 0 aliphatic rings. The van der Waals surface area contributed by atoms with Gasteiger partial charge in [0.1, 0.15) is 6.07 Å². The number of rotatable bonds is 2. The molecule has 0 bridgehead atoms. The average molecular weight is 339 g/mol. The second-order valence-electron chi connectivity index (χ2n) is 4.57. The summed E-state index contributed by atoms with van der Waals surface area (Å²) < 4.78 is 2.53. The number of nitrogens with two attached hydrogens (primary N) is 1. The molecule has 5 heteroatoms. The van der Waals surface area contributed by atoms with Crippen LogP contribution < -0.4 is 5.73 Å². The highest BCUT2D eigenvalue weighted by Crippen LogP contribution is 2.23. The summed E-state index contributed by atoms with van der Waals surface area (Å²) >= 11 is 3.39. The zero-order chi connectivity index (χ0) is 14.8. The molecule has 0 saturated heterocycles. The molecule has 0 unspecified atom stereocenters. The van der Waals surface area contributed by atoms with E-state index in [9.17, 15) is 0 Å². The summed E-state index contributed by atoms with van der Waals surface area (Å²) in [6, 6.07) is 15.3. The minimum atomic E-state index is 0.602. The Hall–Kier alpha value is -2.58. The first-order chi connectivity index (χ1) is 10.2. The van der Waals surface area contributed by atoms with Gasteiger partial charge in [-0.15, -0.1) is 0 Å². The van der Waals surface area contributed by atoms with Gasteiger partial charge in [-0.05, 0) is 51.8 Å². The van der Waals surface area contributed by atoms with Crippen LogP contribution in [-0.4, -0.2) is 9.78 Å². The predicted molar refractivity (Wildman–Crippen MR) is 85.8 cm³/mol. The van der Waals surface area contributed by atoms with Crippen LogP contribution in [0.3, 0.4) is 0 Å². The molecular weight excluding hydrogens is 328 g/mol. The maximum absolute atomic E-state index is 8.94. The Labute approximate surface area is 130 Å². The topological polar surface area (TPSA) is 67.6 Å². The van der Waals surface area contributed by atoms with Gasteiger partial charge in [0.2, 0.25) is 0 Å². The number of hydrogen-bond acceptors (Lipinski definition) is 3. The van der Waals surface area contributed by atoms with Crippen molar-refractivity contribution in [2.24, 2.45) is 0 Å². The Bertz CT molecular complexity index is 828. The summed E-state index contributed by atoms with van der Waals surface area (Å²) in [4.78, 5) is 0. The quantitative estimate of drug-likeness (QED) is 0.723. The maximum atomic E-state index is 8.94. The number of nitrogen functional groups attached to an aromatic ring is 1. The van der Waals surface area contributed by atoms with Gasteiger partial charge in [-0.3, -0.25) is 0 Å². The van der Waals surface area contributed by atoms with Gasteiger partial charge in [0.05, 0.1) is 17.4 Å². The van der Waals surface area contributed by atoms with Crippen molar-refractivity contribution in [1.82, 2.24) is 9.78 Å². The van der Waals surface area contributed by atoms with E-state index >= 15 is 0 Å². The normalized spacial score (nSPS) is 10.3. The molecule has 0 spiro atoms. The van der Waals surface area contributed by atoms with Crippen LogP contribution in [0.4, 0.5) is 5.69 Å². The molecule has 102 valence electrons. The largest absolute Gasteiger partial charge is 0.399 e. The van der Waals surface area contributed by atoms with Gasteiger partial charge < -0.3 is 5.73 Å². The van der Waals surface area contributed by atoms with Crippen molar-refractivity contribution in [2.45, 2.75) is 0 Å². The lowest BCUT2D eigenvalue weighted by molar-refractivity contribution is 0.879. The van der Waals surface area contributed by atoms with Gasteiger partial charge in [0, 0.05) is 21.9 Å². The first kappa shape index (κ1) is 13.4. The van der Waals surface area contributed by atoms with Crippen molar-refractivity contribution in [3.8, 4) is 22.9 Å². The molecule has 1 aromatic heterocycles. The molecule has 0 fully saturated rings. The third kappa shape index (κ3) is 2.67. The molecule has 0 aliphatic carbocycles. The van der Waals surface area contributed by atoms with Crippen molar-refractivity contribution in [2.75, 3.05) is 5.73 Å². The van der Waals surface area contributed by atoms with Crippen LogP contribution in [0, 0.1) is 11.3 Å². The molecule has 2 aromatic carbocycles. The van der Waals surface area contributed by atoms with E-state index in [0.29, 0.717) is 5.56 Å². The first-order valence-electron chi connectivity index (χ1n) is 6.28. The van der Waals surface area contributed by atoms with Crippen LogP contribution in [0.5, 0.6) is 0 Å². The van der Waals surface area contributed by atoms with Gasteiger partial charge in [-0.25, -0.2) is 4.68 Å². The molecule has 0 amide bonds. The van der Waals surface area contributed by atoms with E-state index in [1.54, 1.807) is 16.9 Å². The highest BCUT2D eigenvalue weighted by Gasteiger charge is 2.06. The lowest BCUT2D eigenvalue weighted by Gasteiger charge is -2.03. The Morgan fingerprint density at radius 3 is 2.52 bits per heavy atom. The number of benzene rings is 2. The lowest BCUT2D eigenvalue weighted by Crippen LogP contribution is -1.94. The fourth-order valence-electron chi connectivity index (χ4n) is 2.03. The third-order valence-electron chi connectivity index (χ3n) is 3.16. The van der Waals surface area contributed by atoms with Crippen LogP contribution in [-0.2, 0) is 0 Å². The van der Waals surface area contributed by atoms with Crippen molar-refractivity contribution in [1.29, 1.82) is 5.26 Å². The minimum Gasteiger partial charge on any atom is -0.399 e. The fourth-order valence-corrected chi connectivity index (χ4v) is 2.48. The average Bonchev–Trinajstić information content (AvgIpc) is 2.98. The number of halogens is 1. The standard InChI is InChI=1S/C16H11BrN4/c17-16-7-15(6-3-12(16)8-18)21-10-13(9-20-21)11-1-4-14(19)5-2-11/h1-7,9-10H,19H2. The van der Waals surface area contributed by atoms with E-state index < -0.39 is 0 Å². The Morgan fingerprint density at radius 2 is 1.86 bits per heavy atom. The van der Waals surface area contributed by atoms with E-state index in [-0.39, 0.29) is 0 Å². The summed E-state index contributed by atoms with van der Waals surface area (Å²) in [7, 11) is 0. The third-order valence-corrected chi connectivity index (χ3v) is 3.82. The van der Waals surface area contributed by atoms with Crippen LogP contribution in [0.2, 0.25) is 0 Å². The Kier molecular flexibility index (Phi) is 3.46. The lowest BCUT2D eigenvalue weighted by atomic mass is 10.1. The molecule has 21 heavy (non-hydrogen) atoms. The van der Waals surface area contributed by atoms with E-state index in [0.717, 1.165) is 27.0 Å². The van der Waals surface area contributed by atoms with Crippen molar-refractivity contribution < 1.29 is 0 Å². The first-order valence-corrected chi connectivity index (χ1v) is 7.07. The Morgan fingerprint density at radius 1 is 1.10 bits per heavy atom. The van der Waals surface area contributed by atoms with E-state index in [1.165, 1.54) is 0 Å². The predicted octanol–water partition coefficient (Wildman–Crippen LogP) is 3.76. The highest BCUT2D eigenvalue weighted by atomic mass is 79.9. The van der Waals surface area contributed by atoms with E-state index in [2.05, 4.69) is 27.1 Å². The molecule has 0 atom stereocenters. The monoisotopic (exact) mass is 338 g/mol. The number of nitriles is 1. The molecular formula is C16H11BrN4. The maximum Gasteiger partial charge on any atom is 0.100 e. The summed E-state index contributed by atoms with van der Waals surface area (Å²) in [6.07, 6.45) is 3.75. The summed E-state index contributed by atoms with van der Waals surface area (Å²) in [5, 5.41) is 13.3. The molecule has 4 nitrogen and oxygen atoms in total. The summed E-state index contributed by atoms with van der Waals surface area (Å²) in [5.74, 6) is 0. The van der Waals surface area contributed by atoms with Gasteiger partial charge in [-0.1, -0.05) is 12.1 Å². The summed E-state index contributed by atoms with van der Waals surface area (Å²) in [6.45, 7) is 0. The molecule has 3 aromatic rings. The van der Waals surface area contributed by atoms with Crippen molar-refractivity contribution in [3.05, 3.63) is 64.9 Å². The minimum absolute atomic E-state index is 0.602. The van der Waals surface area contributed by atoms with E-state index in [1.807, 2.05) is 42.6 Å². The van der Waals surface area contributed by atoms with Gasteiger partial charge >= 0.3 is 0 Å². The van der Waals surface area contributed by atoms with Gasteiger partial charge in [0.25, 0.3) is 0 Å². The van der Waals surface area contributed by atoms with Crippen LogP contribution in [0.25, 0.3) is 16.8 Å². The van der Waals surface area contributed by atoms with E-state index in [4.69, 9.17) is 11.0 Å². The van der Waals surface area contributed by atoms with Gasteiger partial charge in [0.15, 0.2) is 0 Å². The second kappa shape index (κ2) is 5.43. The van der Waals surface area contributed by atoms with Crippen LogP contribution >= 0.6 is 15.9 Å². The number of hydrogen-bond donors (Lipinski definition) is 1. The second-order valence-corrected chi connectivity index (χ2v) is 5.43. The number of nitrogens with zero attached hydrogens (tertiary/aromatic N) is 3. The highest BCUT2D eigenvalue weighted by molar-refractivity contribution is 9.10. The summed E-state index contributed by atoms with van der Waals surface area (Å²) in [5.41, 5.74) is 9.99. The van der Waals surface area contributed by atoms with Crippen molar-refractivity contribution >= 4 is 21.6 Å². The van der Waals surface area contributed by atoms with Gasteiger partial charge in [-0.2, -0.15) is 10.4 Å². The molecule has 0 aliphatic heterocycles. The van der Waals surface area contributed by atoms with Crippen LogP contribution in [0.1, 0.15) is 5.56 Å². The zero-order valence-corrected chi connectivity index (χ0v) is 12.6. The molecule has 1 heterocycles. The molecule has 3 rings (SSSR count). The molecule has 0 radical (unpaired) electrons. The molecule has 0 saturated carbocycles. The fraction of sp³-hybridized carbons (Fsp3) is 0. The number of anilines is 1. The number of aromatic nitrogens is 2. The smallest absolute Gasteiger partial charge is 0.100 e. The Balaban J connectivity index is 1.97. The van der Waals surface area contributed by atoms with Crippen LogP contribution in [0.15, 0.2) is 59.3 Å². The SMILES string of the molecule is N#Cc1ccc(-n2cc(-c3ccc(N)cc3)cn2)cc1Br. The molecule has 2 N–H and O–H groups in total.